The molecule has 3 rings (SSSR count). The molecule has 6 heteroatoms. The second-order valence-corrected chi connectivity index (χ2v) is 5.84. The number of aromatic nitrogens is 2. The summed E-state index contributed by atoms with van der Waals surface area (Å²) in [5.74, 6) is 0.270. The van der Waals surface area contributed by atoms with Crippen molar-refractivity contribution in [3.05, 3.63) is 18.7 Å². The average Bonchev–Trinajstić information content (AvgIpc) is 2.97. The lowest BCUT2D eigenvalue weighted by atomic mass is 10.1. The van der Waals surface area contributed by atoms with E-state index < -0.39 is 0 Å². The Labute approximate surface area is 120 Å². The monoisotopic (exact) mass is 277 g/mol. The van der Waals surface area contributed by atoms with Gasteiger partial charge in [0, 0.05) is 70.7 Å². The van der Waals surface area contributed by atoms with Gasteiger partial charge < -0.3 is 14.4 Å². The van der Waals surface area contributed by atoms with Gasteiger partial charge in [0.05, 0.1) is 6.33 Å². The second kappa shape index (κ2) is 5.93. The Morgan fingerprint density at radius 2 is 2.10 bits per heavy atom. The van der Waals surface area contributed by atoms with E-state index in [9.17, 15) is 4.79 Å². The quantitative estimate of drug-likeness (QED) is 0.763. The Hall–Kier alpha value is -1.40. The molecule has 6 nitrogen and oxygen atoms in total. The van der Waals surface area contributed by atoms with E-state index in [1.807, 2.05) is 15.7 Å². The van der Waals surface area contributed by atoms with E-state index in [1.54, 1.807) is 12.5 Å². The minimum absolute atomic E-state index is 0.270. The zero-order valence-electron chi connectivity index (χ0n) is 12.1. The molecule has 1 unspecified atom stereocenters. The Morgan fingerprint density at radius 3 is 2.90 bits per heavy atom. The van der Waals surface area contributed by atoms with E-state index in [-0.39, 0.29) is 5.91 Å². The Kier molecular flexibility index (Phi) is 4.03. The second-order valence-electron chi connectivity index (χ2n) is 5.84. The number of aryl methyl sites for hydroxylation is 1. The van der Waals surface area contributed by atoms with Crippen molar-refractivity contribution in [2.45, 2.75) is 19.0 Å². The SMILES string of the molecule is CN1CCN2CCN(C(=O)CCn3ccnc3)CC2C1. The number of carbonyl (C=O) groups excluding carboxylic acids is 1. The van der Waals surface area contributed by atoms with Crippen molar-refractivity contribution in [3.63, 3.8) is 0 Å². The molecule has 110 valence electrons. The number of hydrogen-bond acceptors (Lipinski definition) is 4. The third-order valence-electron chi connectivity index (χ3n) is 4.39. The molecule has 20 heavy (non-hydrogen) atoms. The molecule has 0 saturated carbocycles. The zero-order valence-corrected chi connectivity index (χ0v) is 12.1. The lowest BCUT2D eigenvalue weighted by Crippen LogP contribution is -2.62. The molecule has 0 spiro atoms. The molecule has 1 atom stereocenters. The molecular weight excluding hydrogens is 254 g/mol. The summed E-state index contributed by atoms with van der Waals surface area (Å²) in [7, 11) is 2.16. The molecule has 0 aliphatic carbocycles. The molecule has 1 aromatic rings. The summed E-state index contributed by atoms with van der Waals surface area (Å²) in [6, 6.07) is 0.514. The van der Waals surface area contributed by atoms with Gasteiger partial charge in [0.2, 0.25) is 5.91 Å². The van der Waals surface area contributed by atoms with Crippen molar-refractivity contribution in [1.82, 2.24) is 24.3 Å². The number of fused-ring (bicyclic) bond motifs is 1. The fraction of sp³-hybridized carbons (Fsp3) is 0.714. The summed E-state index contributed by atoms with van der Waals surface area (Å²) >= 11 is 0. The van der Waals surface area contributed by atoms with E-state index in [2.05, 4.69) is 21.8 Å². The molecule has 0 radical (unpaired) electrons. The highest BCUT2D eigenvalue weighted by Gasteiger charge is 2.32. The summed E-state index contributed by atoms with van der Waals surface area (Å²) < 4.78 is 1.96. The van der Waals surface area contributed by atoms with E-state index in [1.165, 1.54) is 0 Å². The number of rotatable bonds is 3. The number of piperazine rings is 2. The Bertz CT molecular complexity index is 446. The topological polar surface area (TPSA) is 44.6 Å². The number of imidazole rings is 1. The van der Waals surface area contributed by atoms with Crippen LogP contribution in [0.3, 0.4) is 0 Å². The van der Waals surface area contributed by atoms with E-state index in [0.717, 1.165) is 45.8 Å². The Balaban J connectivity index is 1.51. The molecule has 2 aliphatic heterocycles. The standard InChI is InChI=1S/C14H23N5O/c1-16-6-7-18-8-9-19(11-13(18)10-16)14(20)2-4-17-5-3-15-12-17/h3,5,12-13H,2,4,6-11H2,1H3. The van der Waals surface area contributed by atoms with Crippen LogP contribution in [0, 0.1) is 0 Å². The van der Waals surface area contributed by atoms with Gasteiger partial charge in [-0.3, -0.25) is 9.69 Å². The van der Waals surface area contributed by atoms with Crippen molar-refractivity contribution in [3.8, 4) is 0 Å². The van der Waals surface area contributed by atoms with Crippen LogP contribution in [0.1, 0.15) is 6.42 Å². The predicted octanol–water partition coefficient (Wildman–Crippen LogP) is -0.269. The molecule has 0 bridgehead atoms. The minimum atomic E-state index is 0.270. The summed E-state index contributed by atoms with van der Waals surface area (Å²) in [6.45, 7) is 6.86. The van der Waals surface area contributed by atoms with Gasteiger partial charge in [0.15, 0.2) is 0 Å². The van der Waals surface area contributed by atoms with E-state index >= 15 is 0 Å². The van der Waals surface area contributed by atoms with Gasteiger partial charge in [-0.25, -0.2) is 4.98 Å². The molecule has 1 amide bonds. The van der Waals surface area contributed by atoms with Crippen molar-refractivity contribution < 1.29 is 4.79 Å². The lowest BCUT2D eigenvalue weighted by molar-refractivity contribution is -0.135. The fourth-order valence-corrected chi connectivity index (χ4v) is 3.14. The number of hydrogen-bond donors (Lipinski definition) is 0. The predicted molar refractivity (Wildman–Crippen MR) is 76.3 cm³/mol. The molecule has 2 aliphatic rings. The van der Waals surface area contributed by atoms with Crippen LogP contribution in [0.25, 0.3) is 0 Å². The van der Waals surface area contributed by atoms with Crippen LogP contribution in [0.2, 0.25) is 0 Å². The van der Waals surface area contributed by atoms with Crippen LogP contribution in [0.15, 0.2) is 18.7 Å². The third kappa shape index (κ3) is 3.02. The Morgan fingerprint density at radius 1 is 1.25 bits per heavy atom. The van der Waals surface area contributed by atoms with Gasteiger partial charge in [-0.1, -0.05) is 0 Å². The van der Waals surface area contributed by atoms with Crippen molar-refractivity contribution >= 4 is 5.91 Å². The number of nitrogens with zero attached hydrogens (tertiary/aromatic N) is 5. The van der Waals surface area contributed by atoms with Crippen LogP contribution >= 0.6 is 0 Å². The maximum Gasteiger partial charge on any atom is 0.224 e. The van der Waals surface area contributed by atoms with Crippen LogP contribution in [0.4, 0.5) is 0 Å². The maximum atomic E-state index is 12.3. The highest BCUT2D eigenvalue weighted by atomic mass is 16.2. The first-order chi connectivity index (χ1) is 9.72. The van der Waals surface area contributed by atoms with Gasteiger partial charge >= 0.3 is 0 Å². The summed E-state index contributed by atoms with van der Waals surface area (Å²) in [5.41, 5.74) is 0. The first kappa shape index (κ1) is 13.6. The van der Waals surface area contributed by atoms with Gasteiger partial charge in [0.1, 0.15) is 0 Å². The smallest absolute Gasteiger partial charge is 0.224 e. The normalized spacial score (nSPS) is 24.6. The number of amides is 1. The maximum absolute atomic E-state index is 12.3. The average molecular weight is 277 g/mol. The van der Waals surface area contributed by atoms with Crippen molar-refractivity contribution in [2.24, 2.45) is 0 Å². The first-order valence-electron chi connectivity index (χ1n) is 7.38. The molecule has 2 fully saturated rings. The largest absolute Gasteiger partial charge is 0.340 e. The molecule has 1 aromatic heterocycles. The molecule has 3 heterocycles. The van der Waals surface area contributed by atoms with Crippen LogP contribution in [-0.2, 0) is 11.3 Å². The third-order valence-corrected chi connectivity index (χ3v) is 4.39. The lowest BCUT2D eigenvalue weighted by Gasteiger charge is -2.46. The fourth-order valence-electron chi connectivity index (χ4n) is 3.14. The van der Waals surface area contributed by atoms with Crippen molar-refractivity contribution in [2.75, 3.05) is 46.3 Å². The molecule has 2 saturated heterocycles. The van der Waals surface area contributed by atoms with Crippen LogP contribution in [0.5, 0.6) is 0 Å². The van der Waals surface area contributed by atoms with Gasteiger partial charge in [-0.15, -0.1) is 0 Å². The van der Waals surface area contributed by atoms with Crippen LogP contribution < -0.4 is 0 Å². The van der Waals surface area contributed by atoms with Crippen molar-refractivity contribution in [1.29, 1.82) is 0 Å². The molecular formula is C14H23N5O. The van der Waals surface area contributed by atoms with Gasteiger partial charge in [0.25, 0.3) is 0 Å². The van der Waals surface area contributed by atoms with Gasteiger partial charge in [-0.05, 0) is 7.05 Å². The van der Waals surface area contributed by atoms with Crippen LogP contribution in [-0.4, -0.2) is 82.5 Å². The highest BCUT2D eigenvalue weighted by molar-refractivity contribution is 5.76. The summed E-state index contributed by atoms with van der Waals surface area (Å²) in [5, 5.41) is 0. The van der Waals surface area contributed by atoms with E-state index in [4.69, 9.17) is 0 Å². The number of likely N-dealkylation sites (N-methyl/N-ethyl adjacent to an activating group) is 1. The zero-order chi connectivity index (χ0) is 13.9. The summed E-state index contributed by atoms with van der Waals surface area (Å²) in [6.07, 6.45) is 5.99. The summed E-state index contributed by atoms with van der Waals surface area (Å²) in [4.78, 5) is 23.2. The molecule has 0 aromatic carbocycles. The minimum Gasteiger partial charge on any atom is -0.340 e. The highest BCUT2D eigenvalue weighted by Crippen LogP contribution is 2.15. The van der Waals surface area contributed by atoms with Gasteiger partial charge in [-0.2, -0.15) is 0 Å². The first-order valence-corrected chi connectivity index (χ1v) is 7.38. The number of carbonyl (C=O) groups is 1. The van der Waals surface area contributed by atoms with E-state index in [0.29, 0.717) is 12.5 Å². The molecule has 0 N–H and O–H groups in total.